The third-order valence-corrected chi connectivity index (χ3v) is 4.06. The molecule has 1 atom stereocenters. The largest absolute Gasteiger partial charge is 0.368 e. The number of hydrogen-bond acceptors (Lipinski definition) is 4. The molecular weight excluding hydrogens is 322 g/mol. The summed E-state index contributed by atoms with van der Waals surface area (Å²) in [5.41, 5.74) is 7.62. The second-order valence-corrected chi connectivity index (χ2v) is 5.64. The maximum atomic E-state index is 12.6. The van der Waals surface area contributed by atoms with Crippen molar-refractivity contribution in [1.82, 2.24) is 0 Å². The van der Waals surface area contributed by atoms with Gasteiger partial charge >= 0.3 is 0 Å². The molecular formula is C18H15N3O4. The number of amides is 2. The van der Waals surface area contributed by atoms with E-state index in [9.17, 15) is 19.7 Å². The first-order valence-corrected chi connectivity index (χ1v) is 7.60. The van der Waals surface area contributed by atoms with Gasteiger partial charge in [-0.15, -0.1) is 0 Å². The Balaban J connectivity index is 1.83. The molecule has 0 spiro atoms. The molecule has 0 bridgehead atoms. The molecule has 2 aromatic rings. The van der Waals surface area contributed by atoms with Crippen LogP contribution in [0.4, 0.5) is 11.4 Å². The molecule has 126 valence electrons. The third kappa shape index (κ3) is 3.25. The highest BCUT2D eigenvalue weighted by molar-refractivity contribution is 6.09. The molecule has 0 saturated carbocycles. The zero-order chi connectivity index (χ0) is 18.0. The summed E-state index contributed by atoms with van der Waals surface area (Å²) < 4.78 is 0. The Hall–Kier alpha value is -3.48. The Bertz CT molecular complexity index is 874. The van der Waals surface area contributed by atoms with Crippen molar-refractivity contribution in [2.24, 2.45) is 5.73 Å². The summed E-state index contributed by atoms with van der Waals surface area (Å²) in [5, 5.41) is 10.7. The van der Waals surface area contributed by atoms with Gasteiger partial charge in [0.05, 0.1) is 4.92 Å². The molecule has 0 saturated heterocycles. The fourth-order valence-corrected chi connectivity index (χ4v) is 2.84. The molecule has 7 nitrogen and oxygen atoms in total. The average Bonchev–Trinajstić information content (AvgIpc) is 3.00. The van der Waals surface area contributed by atoms with Crippen LogP contribution in [0.3, 0.4) is 0 Å². The standard InChI is InChI=1S/C18H15N3O4/c19-18(23)16-11-13-3-1-2-4-15(13)20(16)17(22)10-7-12-5-8-14(9-6-12)21(24)25/h1-10,16H,11H2,(H2,19,23)/b10-7+. The van der Waals surface area contributed by atoms with Crippen molar-refractivity contribution in [2.75, 3.05) is 4.90 Å². The van der Waals surface area contributed by atoms with Crippen LogP contribution in [0.15, 0.2) is 54.6 Å². The van der Waals surface area contributed by atoms with Gasteiger partial charge in [-0.3, -0.25) is 24.6 Å². The quantitative estimate of drug-likeness (QED) is 0.523. The number of non-ortho nitro benzene ring substituents is 1. The van der Waals surface area contributed by atoms with Crippen molar-refractivity contribution < 1.29 is 14.5 Å². The van der Waals surface area contributed by atoms with Crippen LogP contribution in [-0.4, -0.2) is 22.8 Å². The van der Waals surface area contributed by atoms with Crippen LogP contribution in [0, 0.1) is 10.1 Å². The van der Waals surface area contributed by atoms with Gasteiger partial charge in [-0.2, -0.15) is 0 Å². The van der Waals surface area contributed by atoms with Crippen molar-refractivity contribution in [2.45, 2.75) is 12.5 Å². The van der Waals surface area contributed by atoms with Gasteiger partial charge < -0.3 is 5.73 Å². The molecule has 7 heteroatoms. The van der Waals surface area contributed by atoms with E-state index in [1.165, 1.54) is 23.1 Å². The number of nitrogens with two attached hydrogens (primary N) is 1. The second kappa shape index (κ2) is 6.56. The van der Waals surface area contributed by atoms with E-state index < -0.39 is 16.9 Å². The van der Waals surface area contributed by atoms with Gasteiger partial charge in [-0.05, 0) is 35.4 Å². The highest BCUT2D eigenvalue weighted by Gasteiger charge is 2.36. The summed E-state index contributed by atoms with van der Waals surface area (Å²) >= 11 is 0. The summed E-state index contributed by atoms with van der Waals surface area (Å²) in [6.07, 6.45) is 3.27. The Kier molecular flexibility index (Phi) is 4.30. The minimum Gasteiger partial charge on any atom is -0.368 e. The van der Waals surface area contributed by atoms with Crippen LogP contribution in [-0.2, 0) is 16.0 Å². The Morgan fingerprint density at radius 2 is 1.84 bits per heavy atom. The molecule has 1 aliphatic heterocycles. The number of anilines is 1. The SMILES string of the molecule is NC(=O)C1Cc2ccccc2N1C(=O)/C=C/c1ccc([N+](=O)[O-])cc1. The minimum absolute atomic E-state index is 0.0225. The topological polar surface area (TPSA) is 107 Å². The van der Waals surface area contributed by atoms with Gasteiger partial charge in [0.15, 0.2) is 0 Å². The molecule has 1 heterocycles. The number of rotatable bonds is 4. The number of fused-ring (bicyclic) bond motifs is 1. The van der Waals surface area contributed by atoms with Crippen LogP contribution < -0.4 is 10.6 Å². The Morgan fingerprint density at radius 3 is 2.48 bits per heavy atom. The monoisotopic (exact) mass is 337 g/mol. The Labute approximate surface area is 143 Å². The number of primary amides is 1. The van der Waals surface area contributed by atoms with Crippen LogP contribution >= 0.6 is 0 Å². The molecule has 2 aromatic carbocycles. The van der Waals surface area contributed by atoms with E-state index in [4.69, 9.17) is 5.73 Å². The van der Waals surface area contributed by atoms with E-state index in [2.05, 4.69) is 0 Å². The first kappa shape index (κ1) is 16.4. The van der Waals surface area contributed by atoms with E-state index in [-0.39, 0.29) is 11.6 Å². The molecule has 0 radical (unpaired) electrons. The van der Waals surface area contributed by atoms with E-state index in [0.717, 1.165) is 5.56 Å². The van der Waals surface area contributed by atoms with Crippen molar-refractivity contribution in [3.05, 3.63) is 75.8 Å². The average molecular weight is 337 g/mol. The van der Waals surface area contributed by atoms with E-state index in [1.54, 1.807) is 30.3 Å². The lowest BCUT2D eigenvalue weighted by molar-refractivity contribution is -0.384. The fourth-order valence-electron chi connectivity index (χ4n) is 2.84. The number of carbonyl (C=O) groups is 2. The third-order valence-electron chi connectivity index (χ3n) is 4.06. The number of benzene rings is 2. The van der Waals surface area contributed by atoms with Crippen molar-refractivity contribution in [3.63, 3.8) is 0 Å². The van der Waals surface area contributed by atoms with Gasteiger partial charge in [0.25, 0.3) is 11.6 Å². The number of hydrogen-bond donors (Lipinski definition) is 1. The van der Waals surface area contributed by atoms with Gasteiger partial charge in [0.2, 0.25) is 5.91 Å². The summed E-state index contributed by atoms with van der Waals surface area (Å²) in [6.45, 7) is 0. The van der Waals surface area contributed by atoms with Crippen LogP contribution in [0.1, 0.15) is 11.1 Å². The van der Waals surface area contributed by atoms with Gasteiger partial charge in [0, 0.05) is 30.3 Å². The summed E-state index contributed by atoms with van der Waals surface area (Å²) in [4.78, 5) is 35.8. The molecule has 0 fully saturated rings. The summed E-state index contributed by atoms with van der Waals surface area (Å²) in [5.74, 6) is -0.930. The van der Waals surface area contributed by atoms with Crippen LogP contribution in [0.5, 0.6) is 0 Å². The zero-order valence-corrected chi connectivity index (χ0v) is 13.2. The Morgan fingerprint density at radius 1 is 1.16 bits per heavy atom. The maximum Gasteiger partial charge on any atom is 0.269 e. The number of nitrogens with zero attached hydrogens (tertiary/aromatic N) is 2. The van der Waals surface area contributed by atoms with Crippen LogP contribution in [0.25, 0.3) is 6.08 Å². The normalized spacial score (nSPS) is 16.0. The maximum absolute atomic E-state index is 12.6. The lowest BCUT2D eigenvalue weighted by Gasteiger charge is -2.21. The van der Waals surface area contributed by atoms with Gasteiger partial charge in [-0.1, -0.05) is 18.2 Å². The highest BCUT2D eigenvalue weighted by Crippen LogP contribution is 2.32. The number of para-hydroxylation sites is 1. The summed E-state index contributed by atoms with van der Waals surface area (Å²) in [7, 11) is 0. The zero-order valence-electron chi connectivity index (χ0n) is 13.2. The predicted molar refractivity (Wildman–Crippen MR) is 92.7 cm³/mol. The minimum atomic E-state index is -0.716. The lowest BCUT2D eigenvalue weighted by atomic mass is 10.1. The van der Waals surface area contributed by atoms with Crippen molar-refractivity contribution >= 4 is 29.3 Å². The van der Waals surface area contributed by atoms with E-state index >= 15 is 0 Å². The molecule has 3 rings (SSSR count). The molecule has 2 N–H and O–H groups in total. The number of carbonyl (C=O) groups excluding carboxylic acids is 2. The molecule has 1 aliphatic rings. The highest BCUT2D eigenvalue weighted by atomic mass is 16.6. The van der Waals surface area contributed by atoms with E-state index in [0.29, 0.717) is 17.7 Å². The predicted octanol–water partition coefficient (Wildman–Crippen LogP) is 2.05. The fraction of sp³-hybridized carbons (Fsp3) is 0.111. The molecule has 0 aliphatic carbocycles. The first-order chi connectivity index (χ1) is 12.0. The van der Waals surface area contributed by atoms with Crippen LogP contribution in [0.2, 0.25) is 0 Å². The second-order valence-electron chi connectivity index (χ2n) is 5.64. The smallest absolute Gasteiger partial charge is 0.269 e. The number of nitro benzene ring substituents is 1. The molecule has 2 amide bonds. The van der Waals surface area contributed by atoms with Crippen molar-refractivity contribution in [1.29, 1.82) is 0 Å². The number of nitro groups is 1. The molecule has 0 aromatic heterocycles. The lowest BCUT2D eigenvalue weighted by Crippen LogP contribution is -2.45. The molecule has 1 unspecified atom stereocenters. The van der Waals surface area contributed by atoms with Gasteiger partial charge in [-0.25, -0.2) is 0 Å². The van der Waals surface area contributed by atoms with Crippen molar-refractivity contribution in [3.8, 4) is 0 Å². The van der Waals surface area contributed by atoms with E-state index in [1.807, 2.05) is 12.1 Å². The molecule has 25 heavy (non-hydrogen) atoms. The summed E-state index contributed by atoms with van der Waals surface area (Å²) in [6, 6.07) is 12.4. The van der Waals surface area contributed by atoms with Gasteiger partial charge in [0.1, 0.15) is 6.04 Å². The first-order valence-electron chi connectivity index (χ1n) is 7.60.